The van der Waals surface area contributed by atoms with Crippen LogP contribution in [0.1, 0.15) is 38.5 Å². The quantitative estimate of drug-likeness (QED) is 0.592. The van der Waals surface area contributed by atoms with Gasteiger partial charge in [-0.25, -0.2) is 4.79 Å². The van der Waals surface area contributed by atoms with Crippen LogP contribution in [0.15, 0.2) is 0 Å². The summed E-state index contributed by atoms with van der Waals surface area (Å²) in [4.78, 5) is 32.3. The molecule has 2 aliphatic rings. The molecule has 0 unspecified atom stereocenters. The van der Waals surface area contributed by atoms with E-state index in [-0.39, 0.29) is 30.4 Å². The van der Waals surface area contributed by atoms with E-state index >= 15 is 0 Å². The van der Waals surface area contributed by atoms with Crippen molar-refractivity contribution in [3.8, 4) is 0 Å². The number of aliphatic hydroxyl groups excluding tert-OH is 1. The Balaban J connectivity index is 0.000000204. The molecule has 0 aromatic rings. The molecule has 2 atom stereocenters. The van der Waals surface area contributed by atoms with Crippen molar-refractivity contribution >= 4 is 17.8 Å². The van der Waals surface area contributed by atoms with Gasteiger partial charge in [-0.15, -0.1) is 0 Å². The third-order valence-corrected chi connectivity index (χ3v) is 3.26. The highest BCUT2D eigenvalue weighted by Crippen LogP contribution is 2.08. The van der Waals surface area contributed by atoms with Crippen LogP contribution in [0.5, 0.6) is 0 Å². The summed E-state index contributed by atoms with van der Waals surface area (Å²) in [5.41, 5.74) is 0. The zero-order valence-corrected chi connectivity index (χ0v) is 11.7. The second kappa shape index (κ2) is 8.52. The summed E-state index contributed by atoms with van der Waals surface area (Å²) in [6.07, 6.45) is 4.44. The van der Waals surface area contributed by atoms with Gasteiger partial charge in [0.1, 0.15) is 6.04 Å². The Morgan fingerprint density at radius 2 is 1.80 bits per heavy atom. The minimum absolute atomic E-state index is 0.0197. The molecule has 0 radical (unpaired) electrons. The average molecular weight is 286 g/mol. The molecule has 2 amide bonds. The largest absolute Gasteiger partial charge is 0.467 e. The molecule has 0 aromatic heterocycles. The van der Waals surface area contributed by atoms with Gasteiger partial charge in [0.15, 0.2) is 0 Å². The molecule has 2 rings (SSSR count). The van der Waals surface area contributed by atoms with Crippen LogP contribution in [0.4, 0.5) is 0 Å². The number of rotatable bonds is 2. The second-order valence-electron chi connectivity index (χ2n) is 4.87. The molecule has 0 saturated carbocycles. The Labute approximate surface area is 118 Å². The van der Waals surface area contributed by atoms with Crippen LogP contribution in [0, 0.1) is 0 Å². The fraction of sp³-hybridized carbons (Fsp3) is 0.769. The van der Waals surface area contributed by atoms with Crippen molar-refractivity contribution in [1.82, 2.24) is 10.6 Å². The first kappa shape index (κ1) is 16.4. The standard InChI is InChI=1S/C7H11NO3.C6H11NO2/c1-11-7(10)5-3-2-4-6(9)8-5;8-4-5-2-1-3-6(9)7-5/h5H,2-4H2,1H3,(H,8,9);5,8H,1-4H2,(H,7,9)/t2*5-/m11/s1. The lowest BCUT2D eigenvalue weighted by Gasteiger charge is -2.20. The van der Waals surface area contributed by atoms with E-state index in [1.165, 1.54) is 7.11 Å². The minimum Gasteiger partial charge on any atom is -0.467 e. The Morgan fingerprint density at radius 3 is 2.25 bits per heavy atom. The Morgan fingerprint density at radius 1 is 1.20 bits per heavy atom. The van der Waals surface area contributed by atoms with E-state index in [9.17, 15) is 14.4 Å². The first-order valence-electron chi connectivity index (χ1n) is 6.84. The lowest BCUT2D eigenvalue weighted by atomic mass is 10.1. The minimum atomic E-state index is -0.416. The number of ether oxygens (including phenoxy) is 1. The van der Waals surface area contributed by atoms with Gasteiger partial charge >= 0.3 is 5.97 Å². The van der Waals surface area contributed by atoms with Gasteiger partial charge in [0.2, 0.25) is 11.8 Å². The van der Waals surface area contributed by atoms with Crippen LogP contribution in [0.2, 0.25) is 0 Å². The van der Waals surface area contributed by atoms with Gasteiger partial charge < -0.3 is 20.5 Å². The summed E-state index contributed by atoms with van der Waals surface area (Å²) < 4.78 is 4.48. The number of methoxy groups -OCH3 is 1. The molecule has 7 heteroatoms. The van der Waals surface area contributed by atoms with Crippen LogP contribution in [0.3, 0.4) is 0 Å². The van der Waals surface area contributed by atoms with Gasteiger partial charge in [0.05, 0.1) is 19.8 Å². The van der Waals surface area contributed by atoms with Crippen molar-refractivity contribution in [1.29, 1.82) is 0 Å². The Bertz CT molecular complexity index is 359. The lowest BCUT2D eigenvalue weighted by molar-refractivity contribution is -0.146. The van der Waals surface area contributed by atoms with E-state index in [4.69, 9.17) is 5.11 Å². The zero-order chi connectivity index (χ0) is 15.0. The van der Waals surface area contributed by atoms with E-state index in [0.717, 1.165) is 19.3 Å². The predicted octanol–water partition coefficient (Wildman–Crippen LogP) is -0.524. The number of esters is 1. The number of piperidine rings is 2. The molecule has 3 N–H and O–H groups in total. The van der Waals surface area contributed by atoms with Crippen LogP contribution in [-0.4, -0.2) is 48.7 Å². The highest BCUT2D eigenvalue weighted by Gasteiger charge is 2.24. The number of nitrogens with one attached hydrogen (secondary N) is 2. The molecule has 2 fully saturated rings. The molecule has 0 aliphatic carbocycles. The lowest BCUT2D eigenvalue weighted by Crippen LogP contribution is -2.44. The Kier molecular flexibility index (Phi) is 7.00. The molecular weight excluding hydrogens is 264 g/mol. The molecule has 7 nitrogen and oxygen atoms in total. The average Bonchev–Trinajstić information content (AvgIpc) is 2.47. The molecule has 114 valence electrons. The molecular formula is C13H22N2O5. The van der Waals surface area contributed by atoms with Gasteiger partial charge in [-0.1, -0.05) is 0 Å². The van der Waals surface area contributed by atoms with Gasteiger partial charge in [-0.05, 0) is 25.7 Å². The van der Waals surface area contributed by atoms with Crippen LogP contribution < -0.4 is 10.6 Å². The molecule has 0 bridgehead atoms. The predicted molar refractivity (Wildman–Crippen MR) is 70.7 cm³/mol. The number of hydrogen-bond donors (Lipinski definition) is 3. The van der Waals surface area contributed by atoms with Gasteiger partial charge in [0, 0.05) is 12.8 Å². The smallest absolute Gasteiger partial charge is 0.328 e. The van der Waals surface area contributed by atoms with Crippen molar-refractivity contribution in [3.63, 3.8) is 0 Å². The maximum atomic E-state index is 10.9. The van der Waals surface area contributed by atoms with Gasteiger partial charge in [0.25, 0.3) is 0 Å². The highest BCUT2D eigenvalue weighted by molar-refractivity contribution is 5.85. The van der Waals surface area contributed by atoms with E-state index in [1.54, 1.807) is 0 Å². The third-order valence-electron chi connectivity index (χ3n) is 3.26. The van der Waals surface area contributed by atoms with Crippen molar-refractivity contribution in [2.75, 3.05) is 13.7 Å². The SMILES string of the molecule is COC(=O)[C@H]1CCCC(=O)N1.O=C1CCC[C@H](CO)N1. The van der Waals surface area contributed by atoms with Crippen molar-refractivity contribution in [3.05, 3.63) is 0 Å². The molecule has 0 spiro atoms. The number of carbonyl (C=O) groups is 3. The normalized spacial score (nSPS) is 25.7. The topological polar surface area (TPSA) is 105 Å². The fourth-order valence-electron chi connectivity index (χ4n) is 2.14. The number of hydrogen-bond acceptors (Lipinski definition) is 5. The molecule has 2 aliphatic heterocycles. The third kappa shape index (κ3) is 5.56. The summed E-state index contributed by atoms with van der Waals surface area (Å²) in [5.74, 6) is -0.343. The van der Waals surface area contributed by atoms with Crippen LogP contribution in [-0.2, 0) is 19.1 Å². The molecule has 20 heavy (non-hydrogen) atoms. The second-order valence-corrected chi connectivity index (χ2v) is 4.87. The highest BCUT2D eigenvalue weighted by atomic mass is 16.5. The Hall–Kier alpha value is -1.63. The maximum Gasteiger partial charge on any atom is 0.328 e. The molecule has 0 aromatic carbocycles. The number of aliphatic hydroxyl groups is 1. The number of carbonyl (C=O) groups excluding carboxylic acids is 3. The van der Waals surface area contributed by atoms with E-state index in [2.05, 4.69) is 15.4 Å². The number of amides is 2. The van der Waals surface area contributed by atoms with Gasteiger partial charge in [-0.2, -0.15) is 0 Å². The van der Waals surface area contributed by atoms with Crippen molar-refractivity contribution < 1.29 is 24.2 Å². The molecule has 2 saturated heterocycles. The summed E-state index contributed by atoms with van der Waals surface area (Å²) in [6.45, 7) is 0.0751. The summed E-state index contributed by atoms with van der Waals surface area (Å²) >= 11 is 0. The van der Waals surface area contributed by atoms with Crippen LogP contribution >= 0.6 is 0 Å². The summed E-state index contributed by atoms with van der Waals surface area (Å²) in [7, 11) is 1.32. The van der Waals surface area contributed by atoms with Crippen LogP contribution in [0.25, 0.3) is 0 Å². The fourth-order valence-corrected chi connectivity index (χ4v) is 2.14. The first-order chi connectivity index (χ1) is 9.56. The molecule has 2 heterocycles. The zero-order valence-electron chi connectivity index (χ0n) is 11.7. The van der Waals surface area contributed by atoms with Crippen molar-refractivity contribution in [2.45, 2.75) is 50.6 Å². The monoisotopic (exact) mass is 286 g/mol. The van der Waals surface area contributed by atoms with Crippen molar-refractivity contribution in [2.24, 2.45) is 0 Å². The van der Waals surface area contributed by atoms with E-state index in [1.807, 2.05) is 0 Å². The van der Waals surface area contributed by atoms with Gasteiger partial charge in [-0.3, -0.25) is 9.59 Å². The summed E-state index contributed by atoms with van der Waals surface area (Å²) in [6, 6.07) is -0.396. The van der Waals surface area contributed by atoms with E-state index < -0.39 is 6.04 Å². The first-order valence-corrected chi connectivity index (χ1v) is 6.84. The summed E-state index contributed by atoms with van der Waals surface area (Å²) in [5, 5.41) is 13.8. The van der Waals surface area contributed by atoms with E-state index in [0.29, 0.717) is 19.3 Å². The maximum absolute atomic E-state index is 10.9.